The molecular weight excluding hydrogens is 468 g/mol. The summed E-state index contributed by atoms with van der Waals surface area (Å²) in [5.41, 5.74) is 13.8. The van der Waals surface area contributed by atoms with Crippen LogP contribution < -0.4 is 5.73 Å². The quantitative estimate of drug-likeness (QED) is 0.257. The molecule has 6 nitrogen and oxygen atoms in total. The van der Waals surface area contributed by atoms with Gasteiger partial charge in [-0.25, -0.2) is 4.98 Å². The summed E-state index contributed by atoms with van der Waals surface area (Å²) >= 11 is 0. The Morgan fingerprint density at radius 2 is 1.76 bits per heavy atom. The van der Waals surface area contributed by atoms with Gasteiger partial charge in [0.2, 0.25) is 0 Å². The van der Waals surface area contributed by atoms with Gasteiger partial charge < -0.3 is 15.7 Å². The van der Waals surface area contributed by atoms with Crippen molar-refractivity contribution in [2.24, 2.45) is 5.73 Å². The molecule has 0 radical (unpaired) electrons. The summed E-state index contributed by atoms with van der Waals surface area (Å²) in [5.74, 6) is 1.07. The van der Waals surface area contributed by atoms with Crippen LogP contribution in [-0.4, -0.2) is 36.4 Å². The lowest BCUT2D eigenvalue weighted by Crippen LogP contribution is -2.55. The van der Waals surface area contributed by atoms with E-state index in [-0.39, 0.29) is 17.6 Å². The number of aromatic nitrogens is 4. The Balaban J connectivity index is 1.35. The number of hydrogen-bond acceptors (Lipinski definition) is 4. The molecule has 1 saturated carbocycles. The van der Waals surface area contributed by atoms with E-state index in [1.54, 1.807) is 0 Å². The van der Waals surface area contributed by atoms with E-state index >= 15 is 0 Å². The summed E-state index contributed by atoms with van der Waals surface area (Å²) in [6.07, 6.45) is 12.7. The maximum absolute atomic E-state index is 6.52. The third-order valence-electron chi connectivity index (χ3n) is 9.06. The molecule has 1 unspecified atom stereocenters. The van der Waals surface area contributed by atoms with Gasteiger partial charge in [0, 0.05) is 47.8 Å². The number of fused-ring (bicyclic) bond motifs is 3. The summed E-state index contributed by atoms with van der Waals surface area (Å²) in [5, 5.41) is 1.31. The third kappa shape index (κ3) is 4.22. The predicted molar refractivity (Wildman–Crippen MR) is 153 cm³/mol. The van der Waals surface area contributed by atoms with Crippen LogP contribution in [0.15, 0.2) is 73.1 Å². The number of hydrogen-bond donors (Lipinski definition) is 3. The summed E-state index contributed by atoms with van der Waals surface area (Å²) in [7, 11) is 0. The van der Waals surface area contributed by atoms with Gasteiger partial charge in [0.1, 0.15) is 5.82 Å². The smallest absolute Gasteiger partial charge is 0.109 e. The fourth-order valence-corrected chi connectivity index (χ4v) is 7.09. The Labute approximate surface area is 223 Å². The summed E-state index contributed by atoms with van der Waals surface area (Å²) < 4.78 is 0. The van der Waals surface area contributed by atoms with Crippen molar-refractivity contribution in [1.29, 1.82) is 0 Å². The van der Waals surface area contributed by atoms with Crippen molar-refractivity contribution >= 4 is 21.9 Å². The number of aryl methyl sites for hydroxylation is 1. The lowest BCUT2D eigenvalue weighted by atomic mass is 9.74. The Bertz CT molecular complexity index is 1520. The lowest BCUT2D eigenvalue weighted by molar-refractivity contribution is -0.00861. The molecule has 2 aromatic carbocycles. The van der Waals surface area contributed by atoms with Crippen LogP contribution in [0.25, 0.3) is 21.9 Å². The first-order chi connectivity index (χ1) is 18.7. The SMILES string of the molecule is NC1CCC(Cc2nc3ccccc3[nH]2)(N(Cc2c[nH]c3ccccc23)C2CCCc3cccnc32)CC1. The standard InChI is InChI=1S/C32H36N6/c33-24-14-16-32(17-15-24,19-30-36-27-11-3-4-12-28(27)37-30)38(21-23-20-35-26-10-2-1-9-25(23)26)29-13-5-7-22-8-6-18-34-31(22)29/h1-4,6,8-12,18,20,24,29,35H,5,7,13-17,19,21,33H2,(H,36,37). The van der Waals surface area contributed by atoms with E-state index in [4.69, 9.17) is 15.7 Å². The van der Waals surface area contributed by atoms with Gasteiger partial charge in [0.25, 0.3) is 0 Å². The molecule has 0 bridgehead atoms. The Hall–Kier alpha value is -3.48. The van der Waals surface area contributed by atoms with Gasteiger partial charge in [-0.15, -0.1) is 0 Å². The second-order valence-electron chi connectivity index (χ2n) is 11.4. The second-order valence-corrected chi connectivity index (χ2v) is 11.4. The minimum absolute atomic E-state index is 0.0566. The number of pyridine rings is 1. The van der Waals surface area contributed by atoms with Crippen LogP contribution >= 0.6 is 0 Å². The molecule has 0 spiro atoms. The highest BCUT2D eigenvalue weighted by atomic mass is 15.2. The van der Waals surface area contributed by atoms with Crippen molar-refractivity contribution in [1.82, 2.24) is 24.8 Å². The van der Waals surface area contributed by atoms with E-state index < -0.39 is 0 Å². The molecule has 6 heteroatoms. The first-order valence-corrected chi connectivity index (χ1v) is 14.1. The second kappa shape index (κ2) is 9.68. The molecule has 38 heavy (non-hydrogen) atoms. The van der Waals surface area contributed by atoms with Crippen LogP contribution in [0.3, 0.4) is 0 Å². The molecule has 0 saturated heterocycles. The monoisotopic (exact) mass is 504 g/mol. The number of imidazole rings is 1. The fourth-order valence-electron chi connectivity index (χ4n) is 7.09. The first kappa shape index (κ1) is 23.6. The molecule has 194 valence electrons. The largest absolute Gasteiger partial charge is 0.361 e. The van der Waals surface area contributed by atoms with Gasteiger partial charge >= 0.3 is 0 Å². The average molecular weight is 505 g/mol. The Morgan fingerprint density at radius 3 is 2.63 bits per heavy atom. The molecule has 7 rings (SSSR count). The van der Waals surface area contributed by atoms with Crippen LogP contribution in [0.2, 0.25) is 0 Å². The van der Waals surface area contributed by atoms with Crippen LogP contribution in [0.4, 0.5) is 0 Å². The van der Waals surface area contributed by atoms with Crippen LogP contribution in [0.5, 0.6) is 0 Å². The van der Waals surface area contributed by atoms with E-state index in [9.17, 15) is 0 Å². The minimum Gasteiger partial charge on any atom is -0.361 e. The number of benzene rings is 2. The number of nitrogens with zero attached hydrogens (tertiary/aromatic N) is 3. The number of para-hydroxylation sites is 3. The van der Waals surface area contributed by atoms with E-state index in [0.717, 1.165) is 68.3 Å². The number of H-pyrrole nitrogens is 2. The fraction of sp³-hybridized carbons (Fsp3) is 0.375. The number of rotatable bonds is 6. The van der Waals surface area contributed by atoms with Crippen molar-refractivity contribution in [2.45, 2.75) is 75.5 Å². The predicted octanol–water partition coefficient (Wildman–Crippen LogP) is 6.20. The van der Waals surface area contributed by atoms with Crippen molar-refractivity contribution in [2.75, 3.05) is 0 Å². The zero-order valence-electron chi connectivity index (χ0n) is 21.9. The molecule has 3 aromatic heterocycles. The molecule has 0 amide bonds. The highest BCUT2D eigenvalue weighted by Crippen LogP contribution is 2.45. The van der Waals surface area contributed by atoms with Crippen molar-refractivity contribution in [3.05, 3.63) is 95.7 Å². The number of nitrogens with one attached hydrogen (secondary N) is 2. The Kier molecular flexibility index (Phi) is 6.02. The molecule has 2 aliphatic carbocycles. The van der Waals surface area contributed by atoms with Gasteiger partial charge in [-0.1, -0.05) is 36.4 Å². The number of aromatic amines is 2. The minimum atomic E-state index is -0.0566. The van der Waals surface area contributed by atoms with Gasteiger partial charge in [-0.05, 0) is 80.3 Å². The molecule has 5 aromatic rings. The molecule has 3 heterocycles. The molecular formula is C32H36N6. The highest BCUT2D eigenvalue weighted by molar-refractivity contribution is 5.83. The van der Waals surface area contributed by atoms with Crippen LogP contribution in [-0.2, 0) is 19.4 Å². The first-order valence-electron chi connectivity index (χ1n) is 14.1. The van der Waals surface area contributed by atoms with Crippen LogP contribution in [0, 0.1) is 0 Å². The lowest BCUT2D eigenvalue weighted by Gasteiger charge is -2.51. The topological polar surface area (TPSA) is 86.6 Å². The zero-order valence-corrected chi connectivity index (χ0v) is 21.9. The van der Waals surface area contributed by atoms with Gasteiger partial charge in [0.05, 0.1) is 22.8 Å². The zero-order chi connectivity index (χ0) is 25.5. The van der Waals surface area contributed by atoms with Crippen molar-refractivity contribution in [3.8, 4) is 0 Å². The summed E-state index contributed by atoms with van der Waals surface area (Å²) in [6, 6.07) is 21.9. The maximum atomic E-state index is 6.52. The van der Waals surface area contributed by atoms with Crippen LogP contribution in [0.1, 0.15) is 67.2 Å². The summed E-state index contributed by atoms with van der Waals surface area (Å²) in [6.45, 7) is 0.875. The number of nitrogens with two attached hydrogens (primary N) is 1. The van der Waals surface area contributed by atoms with E-state index in [0.29, 0.717) is 0 Å². The maximum Gasteiger partial charge on any atom is 0.109 e. The van der Waals surface area contributed by atoms with E-state index in [1.807, 2.05) is 6.20 Å². The highest BCUT2D eigenvalue weighted by Gasteiger charge is 2.45. The molecule has 1 fully saturated rings. The van der Waals surface area contributed by atoms with Gasteiger partial charge in [-0.3, -0.25) is 9.88 Å². The van der Waals surface area contributed by atoms with Gasteiger partial charge in [0.15, 0.2) is 0 Å². The molecule has 0 aliphatic heterocycles. The molecule has 2 aliphatic rings. The third-order valence-corrected chi connectivity index (χ3v) is 9.06. The molecule has 1 atom stereocenters. The van der Waals surface area contributed by atoms with Crippen molar-refractivity contribution < 1.29 is 0 Å². The average Bonchev–Trinajstić information content (AvgIpc) is 3.56. The van der Waals surface area contributed by atoms with E-state index in [1.165, 1.54) is 34.1 Å². The normalized spacial score (nSPS) is 23.7. The van der Waals surface area contributed by atoms with E-state index in [2.05, 4.69) is 81.7 Å². The Morgan fingerprint density at radius 1 is 0.947 bits per heavy atom. The van der Waals surface area contributed by atoms with Crippen molar-refractivity contribution in [3.63, 3.8) is 0 Å². The summed E-state index contributed by atoms with van der Waals surface area (Å²) in [4.78, 5) is 20.0. The van der Waals surface area contributed by atoms with Gasteiger partial charge in [-0.2, -0.15) is 0 Å². The molecule has 4 N–H and O–H groups in total.